The predicted molar refractivity (Wildman–Crippen MR) is 116 cm³/mol. The van der Waals surface area contributed by atoms with E-state index >= 15 is 0 Å². The zero-order valence-corrected chi connectivity index (χ0v) is 19.4. The van der Waals surface area contributed by atoms with E-state index in [4.69, 9.17) is 36.0 Å². The summed E-state index contributed by atoms with van der Waals surface area (Å²) in [5, 5.41) is 4.26. The first kappa shape index (κ1) is 23.2. The summed E-state index contributed by atoms with van der Waals surface area (Å²) in [6.45, 7) is 17.4. The van der Waals surface area contributed by atoms with Crippen LogP contribution >= 0.6 is 0 Å². The van der Waals surface area contributed by atoms with Crippen LogP contribution in [0, 0.1) is 12.0 Å². The van der Waals surface area contributed by atoms with Crippen molar-refractivity contribution in [2.75, 3.05) is 18.9 Å². The molecule has 2 aromatic heterocycles. The summed E-state index contributed by atoms with van der Waals surface area (Å²) < 4.78 is 30.4. The number of nitrogens with zero attached hydrogens (tertiary/aromatic N) is 4. The van der Waals surface area contributed by atoms with Crippen molar-refractivity contribution in [1.82, 2.24) is 14.6 Å². The minimum Gasteiger partial charge on any atom is -0.434 e. The smallest absolute Gasteiger partial charge is 0.434 e. The van der Waals surface area contributed by atoms with E-state index in [1.165, 1.54) is 6.33 Å². The molecule has 0 bridgehead atoms. The Hall–Kier alpha value is -2.94. The molecule has 2 saturated heterocycles. The molecule has 0 radical (unpaired) electrons. The Kier molecular flexibility index (Phi) is 5.72. The van der Waals surface area contributed by atoms with Crippen molar-refractivity contribution in [2.24, 2.45) is 5.41 Å². The van der Waals surface area contributed by atoms with Gasteiger partial charge in [0.15, 0.2) is 17.7 Å². The van der Waals surface area contributed by atoms with Crippen LogP contribution in [-0.2, 0) is 23.7 Å². The van der Waals surface area contributed by atoms with Gasteiger partial charge in [-0.3, -0.25) is 9.58 Å². The summed E-state index contributed by atoms with van der Waals surface area (Å²) in [7, 11) is 0. The average molecular weight is 460 g/mol. The molecule has 2 N–H and O–H groups in total. The molecule has 4 atom stereocenters. The highest BCUT2D eigenvalue weighted by molar-refractivity contribution is 5.65. The third kappa shape index (κ3) is 4.46. The molecule has 0 amide bonds. The number of carbonyl (C=O) groups is 1. The van der Waals surface area contributed by atoms with Crippen molar-refractivity contribution >= 4 is 17.5 Å². The number of hydrogen-bond acceptors (Lipinski definition) is 9. The maximum atomic E-state index is 12.2. The Labute approximate surface area is 191 Å². The fourth-order valence-corrected chi connectivity index (χ4v) is 4.01. The fraction of sp³-hybridized carbons (Fsp3) is 0.636. The number of ether oxygens (including phenoxy) is 5. The Morgan fingerprint density at radius 2 is 2.03 bits per heavy atom. The number of aromatic nitrogens is 3. The number of rotatable bonds is 5. The van der Waals surface area contributed by atoms with E-state index in [1.807, 2.05) is 20.8 Å². The minimum absolute atomic E-state index is 0.0144. The van der Waals surface area contributed by atoms with E-state index in [9.17, 15) is 4.79 Å². The molecule has 0 unspecified atom stereocenters. The van der Waals surface area contributed by atoms with Crippen LogP contribution in [0.15, 0.2) is 18.5 Å². The number of nitrogens with two attached hydrogens (primary N) is 1. The number of fused-ring (bicyclic) bond motifs is 2. The first-order valence-electron chi connectivity index (χ1n) is 10.7. The lowest BCUT2D eigenvalue weighted by molar-refractivity contribution is -0.208. The zero-order valence-electron chi connectivity index (χ0n) is 19.4. The molecule has 11 heteroatoms. The highest BCUT2D eigenvalue weighted by atomic mass is 16.8. The average Bonchev–Trinajstić information content (AvgIpc) is 3.36. The monoisotopic (exact) mass is 459 g/mol. The summed E-state index contributed by atoms with van der Waals surface area (Å²) in [6, 6.07) is 3.56. The van der Waals surface area contributed by atoms with Gasteiger partial charge in [0, 0.05) is 0 Å². The molecule has 2 aliphatic heterocycles. The van der Waals surface area contributed by atoms with Crippen molar-refractivity contribution in [3.8, 4) is 0 Å². The van der Waals surface area contributed by atoms with Gasteiger partial charge in [0.1, 0.15) is 24.1 Å². The minimum atomic E-state index is -1.62. The molecule has 0 saturated carbocycles. The topological polar surface area (TPSA) is 124 Å². The van der Waals surface area contributed by atoms with Gasteiger partial charge in [0.2, 0.25) is 6.61 Å². The van der Waals surface area contributed by atoms with Crippen molar-refractivity contribution < 1.29 is 28.5 Å². The molecule has 0 spiro atoms. The third-order valence-electron chi connectivity index (χ3n) is 5.66. The normalized spacial score (nSPS) is 28.4. The van der Waals surface area contributed by atoms with Gasteiger partial charge < -0.3 is 24.7 Å². The van der Waals surface area contributed by atoms with E-state index in [0.29, 0.717) is 23.4 Å². The van der Waals surface area contributed by atoms with Gasteiger partial charge in [-0.25, -0.2) is 20.9 Å². The number of anilines is 1. The van der Waals surface area contributed by atoms with Crippen LogP contribution in [-0.4, -0.2) is 57.7 Å². The number of nitrogen functional groups attached to an aromatic ring is 1. The van der Waals surface area contributed by atoms with E-state index < -0.39 is 36.0 Å². The number of hydrogen-bond donors (Lipinski definition) is 1. The summed E-state index contributed by atoms with van der Waals surface area (Å²) in [6.07, 6.45) is -1.00. The first-order chi connectivity index (χ1) is 15.4. The Morgan fingerprint density at radius 1 is 1.27 bits per heavy atom. The number of carbonyl (C=O) groups excluding carboxylic acids is 1. The van der Waals surface area contributed by atoms with Crippen LogP contribution in [0.3, 0.4) is 0 Å². The van der Waals surface area contributed by atoms with E-state index in [-0.39, 0.29) is 18.6 Å². The van der Waals surface area contributed by atoms with Crippen molar-refractivity contribution in [2.45, 2.75) is 70.9 Å². The third-order valence-corrected chi connectivity index (χ3v) is 5.66. The Balaban J connectivity index is 1.56. The molecule has 33 heavy (non-hydrogen) atoms. The molecule has 2 aromatic rings. The second-order valence-corrected chi connectivity index (χ2v) is 9.91. The second kappa shape index (κ2) is 8.13. The summed E-state index contributed by atoms with van der Waals surface area (Å²) in [5.74, 6) is -0.644. The molecular weight excluding hydrogens is 430 g/mol. The quantitative estimate of drug-likeness (QED) is 0.530. The Bertz CT molecular complexity index is 1090. The van der Waals surface area contributed by atoms with Gasteiger partial charge in [-0.15, -0.1) is 0 Å². The zero-order chi connectivity index (χ0) is 24.0. The van der Waals surface area contributed by atoms with E-state index in [1.54, 1.807) is 30.5 Å². The van der Waals surface area contributed by atoms with Crippen molar-refractivity contribution in [1.29, 1.82) is 0 Å². The summed E-state index contributed by atoms with van der Waals surface area (Å²) in [4.78, 5) is 19.9. The molecule has 4 heterocycles. The van der Waals surface area contributed by atoms with E-state index in [2.05, 4.69) is 14.9 Å². The van der Waals surface area contributed by atoms with E-state index in [0.717, 1.165) is 0 Å². The maximum absolute atomic E-state index is 12.2. The van der Waals surface area contributed by atoms with Gasteiger partial charge in [-0.05, 0) is 37.8 Å². The second-order valence-electron chi connectivity index (χ2n) is 9.91. The van der Waals surface area contributed by atoms with Crippen LogP contribution in [0.25, 0.3) is 10.4 Å². The van der Waals surface area contributed by atoms with Gasteiger partial charge in [0.25, 0.3) is 0 Å². The lowest BCUT2D eigenvalue weighted by Gasteiger charge is -2.25. The van der Waals surface area contributed by atoms with Gasteiger partial charge >= 0.3 is 11.9 Å². The molecule has 0 aromatic carbocycles. The predicted octanol–water partition coefficient (Wildman–Crippen LogP) is 3.11. The summed E-state index contributed by atoms with van der Waals surface area (Å²) in [5.41, 5.74) is 5.58. The van der Waals surface area contributed by atoms with Crippen LogP contribution in [0.2, 0.25) is 0 Å². The SMILES string of the molecule is [C-]#[N+][C@]1(COC(=O)OCCC(C)(C)C)O[C@@H](c2ccc3c(N)ncnn23)[C@@H]2OC(C)(C)O[C@@H]21. The maximum Gasteiger partial charge on any atom is 0.508 e. The summed E-state index contributed by atoms with van der Waals surface area (Å²) >= 11 is 0. The van der Waals surface area contributed by atoms with Gasteiger partial charge in [-0.2, -0.15) is 5.10 Å². The lowest BCUT2D eigenvalue weighted by atomic mass is 9.93. The molecular formula is C22H29N5O6. The van der Waals surface area contributed by atoms with Crippen LogP contribution in [0.1, 0.15) is 52.8 Å². The fourth-order valence-electron chi connectivity index (χ4n) is 4.01. The van der Waals surface area contributed by atoms with Crippen LogP contribution in [0.5, 0.6) is 0 Å². The molecule has 2 fully saturated rings. The molecule has 4 rings (SSSR count). The first-order valence-corrected chi connectivity index (χ1v) is 10.7. The standard InChI is InChI=1S/C22H29N5O6/c1-20(2,3)9-10-29-19(28)30-11-22(24-6)17-16(31-21(4,5)33-17)15(32-22)13-7-8-14-18(23)25-12-26-27(13)14/h7-8,12,15-17H,9-11H2,1-5H3,(H2,23,25,26)/t15-,16-,17-,22+/m0/s1. The van der Waals surface area contributed by atoms with Gasteiger partial charge in [-0.1, -0.05) is 20.8 Å². The highest BCUT2D eigenvalue weighted by Gasteiger charge is 2.69. The molecule has 2 aliphatic rings. The lowest BCUT2D eigenvalue weighted by Crippen LogP contribution is -2.45. The van der Waals surface area contributed by atoms with Crippen LogP contribution < -0.4 is 5.73 Å². The van der Waals surface area contributed by atoms with Gasteiger partial charge in [0.05, 0.1) is 12.3 Å². The molecule has 178 valence electrons. The van der Waals surface area contributed by atoms with Crippen molar-refractivity contribution in [3.05, 3.63) is 35.6 Å². The van der Waals surface area contributed by atoms with Crippen molar-refractivity contribution in [3.63, 3.8) is 0 Å². The van der Waals surface area contributed by atoms with Crippen LogP contribution in [0.4, 0.5) is 10.6 Å². The highest BCUT2D eigenvalue weighted by Crippen LogP contribution is 2.50. The molecule has 0 aliphatic carbocycles. The molecule has 11 nitrogen and oxygen atoms in total. The Morgan fingerprint density at radius 3 is 2.73 bits per heavy atom. The largest absolute Gasteiger partial charge is 0.508 e.